The summed E-state index contributed by atoms with van der Waals surface area (Å²) in [6.45, 7) is 4.06. The highest BCUT2D eigenvalue weighted by Gasteiger charge is 2.19. The molecule has 0 unspecified atom stereocenters. The zero-order valence-corrected chi connectivity index (χ0v) is 12.4. The number of benzene rings is 1. The van der Waals surface area contributed by atoms with E-state index in [0.29, 0.717) is 17.0 Å². The standard InChI is InChI=1S/C15H18N2O4/c1-8(2)9-5-10(14(18)13(6-9)21-4)12-7-11(15(19)20)16-17(12)3/h5-8,18H,1-4H3,(H,19,20). The van der Waals surface area contributed by atoms with Gasteiger partial charge in [0.25, 0.3) is 0 Å². The molecule has 1 heterocycles. The van der Waals surface area contributed by atoms with E-state index in [1.165, 1.54) is 17.9 Å². The first-order valence-electron chi connectivity index (χ1n) is 6.53. The number of carbonyl (C=O) groups is 1. The van der Waals surface area contributed by atoms with Gasteiger partial charge in [-0.25, -0.2) is 4.79 Å². The van der Waals surface area contributed by atoms with Gasteiger partial charge < -0.3 is 14.9 Å². The van der Waals surface area contributed by atoms with Crippen molar-refractivity contribution in [2.24, 2.45) is 7.05 Å². The number of phenols is 1. The van der Waals surface area contributed by atoms with E-state index in [1.54, 1.807) is 13.1 Å². The highest BCUT2D eigenvalue weighted by molar-refractivity contribution is 5.87. The van der Waals surface area contributed by atoms with E-state index < -0.39 is 5.97 Å². The first-order chi connectivity index (χ1) is 9.85. The summed E-state index contributed by atoms with van der Waals surface area (Å²) < 4.78 is 6.63. The highest BCUT2D eigenvalue weighted by atomic mass is 16.5. The van der Waals surface area contributed by atoms with Gasteiger partial charge >= 0.3 is 5.97 Å². The Morgan fingerprint density at radius 3 is 2.48 bits per heavy atom. The normalized spacial score (nSPS) is 10.9. The molecule has 1 aromatic carbocycles. The number of aromatic hydroxyl groups is 1. The second-order valence-corrected chi connectivity index (χ2v) is 5.12. The molecule has 2 aromatic rings. The number of methoxy groups -OCH3 is 1. The molecule has 0 aliphatic rings. The molecule has 112 valence electrons. The van der Waals surface area contributed by atoms with Crippen molar-refractivity contribution in [2.75, 3.05) is 7.11 Å². The van der Waals surface area contributed by atoms with Crippen LogP contribution in [0.2, 0.25) is 0 Å². The second kappa shape index (κ2) is 5.47. The van der Waals surface area contributed by atoms with Crippen LogP contribution < -0.4 is 4.74 Å². The molecule has 2 rings (SSSR count). The molecule has 0 saturated carbocycles. The Labute approximate surface area is 122 Å². The quantitative estimate of drug-likeness (QED) is 0.904. The van der Waals surface area contributed by atoms with Gasteiger partial charge in [0.05, 0.1) is 12.8 Å². The van der Waals surface area contributed by atoms with Crippen LogP contribution in [0.3, 0.4) is 0 Å². The maximum Gasteiger partial charge on any atom is 0.356 e. The average Bonchev–Trinajstić information content (AvgIpc) is 2.81. The van der Waals surface area contributed by atoms with Gasteiger partial charge in [0.1, 0.15) is 0 Å². The van der Waals surface area contributed by atoms with Crippen LogP contribution in [0.25, 0.3) is 11.3 Å². The zero-order chi connectivity index (χ0) is 15.7. The molecule has 21 heavy (non-hydrogen) atoms. The van der Waals surface area contributed by atoms with Crippen LogP contribution in [-0.2, 0) is 7.05 Å². The molecule has 0 saturated heterocycles. The third kappa shape index (κ3) is 2.69. The van der Waals surface area contributed by atoms with Gasteiger partial charge in [-0.3, -0.25) is 4.68 Å². The van der Waals surface area contributed by atoms with Crippen molar-refractivity contribution in [2.45, 2.75) is 19.8 Å². The van der Waals surface area contributed by atoms with Gasteiger partial charge in [0.15, 0.2) is 17.2 Å². The Hall–Kier alpha value is -2.50. The molecule has 0 fully saturated rings. The van der Waals surface area contributed by atoms with E-state index in [4.69, 9.17) is 9.84 Å². The molecule has 0 amide bonds. The van der Waals surface area contributed by atoms with Crippen molar-refractivity contribution in [3.8, 4) is 22.8 Å². The van der Waals surface area contributed by atoms with Crippen LogP contribution in [-0.4, -0.2) is 33.1 Å². The van der Waals surface area contributed by atoms with Crippen LogP contribution >= 0.6 is 0 Å². The molecule has 0 bridgehead atoms. The summed E-state index contributed by atoms with van der Waals surface area (Å²) >= 11 is 0. The Morgan fingerprint density at radius 1 is 1.33 bits per heavy atom. The van der Waals surface area contributed by atoms with Gasteiger partial charge in [-0.1, -0.05) is 13.8 Å². The third-order valence-electron chi connectivity index (χ3n) is 3.36. The Kier molecular flexibility index (Phi) is 3.88. The molecule has 1 aromatic heterocycles. The monoisotopic (exact) mass is 290 g/mol. The molecular formula is C15H18N2O4. The number of aromatic carboxylic acids is 1. The number of phenolic OH excluding ortho intramolecular Hbond substituents is 1. The zero-order valence-electron chi connectivity index (χ0n) is 12.4. The summed E-state index contributed by atoms with van der Waals surface area (Å²) in [4.78, 5) is 11.0. The lowest BCUT2D eigenvalue weighted by molar-refractivity contribution is 0.0689. The van der Waals surface area contributed by atoms with Crippen molar-refractivity contribution in [1.29, 1.82) is 0 Å². The summed E-state index contributed by atoms with van der Waals surface area (Å²) in [7, 11) is 3.12. The van der Waals surface area contributed by atoms with Crippen LogP contribution in [0.5, 0.6) is 11.5 Å². The highest BCUT2D eigenvalue weighted by Crippen LogP contribution is 2.40. The molecule has 2 N–H and O–H groups in total. The number of ether oxygens (including phenoxy) is 1. The van der Waals surface area contributed by atoms with Crippen molar-refractivity contribution in [3.05, 3.63) is 29.5 Å². The minimum Gasteiger partial charge on any atom is -0.504 e. The number of hydrogen-bond donors (Lipinski definition) is 2. The van der Waals surface area contributed by atoms with E-state index in [9.17, 15) is 9.90 Å². The largest absolute Gasteiger partial charge is 0.504 e. The fourth-order valence-electron chi connectivity index (χ4n) is 2.14. The molecule has 0 aliphatic heterocycles. The minimum absolute atomic E-state index is 0.0261. The van der Waals surface area contributed by atoms with Gasteiger partial charge in [0, 0.05) is 12.6 Å². The number of aromatic nitrogens is 2. The predicted octanol–water partition coefficient (Wildman–Crippen LogP) is 2.62. The average molecular weight is 290 g/mol. The molecule has 6 heteroatoms. The lowest BCUT2D eigenvalue weighted by Gasteiger charge is -2.14. The summed E-state index contributed by atoms with van der Waals surface area (Å²) in [6, 6.07) is 5.03. The smallest absolute Gasteiger partial charge is 0.356 e. The number of hydrogen-bond acceptors (Lipinski definition) is 4. The van der Waals surface area contributed by atoms with Crippen molar-refractivity contribution in [3.63, 3.8) is 0 Å². The first kappa shape index (κ1) is 14.9. The number of nitrogens with zero attached hydrogens (tertiary/aromatic N) is 2. The minimum atomic E-state index is -1.11. The van der Waals surface area contributed by atoms with Crippen molar-refractivity contribution < 1.29 is 19.7 Å². The third-order valence-corrected chi connectivity index (χ3v) is 3.36. The number of aryl methyl sites for hydroxylation is 1. The summed E-state index contributed by atoms with van der Waals surface area (Å²) in [5, 5.41) is 23.2. The number of rotatable bonds is 4. The van der Waals surface area contributed by atoms with Gasteiger partial charge in [-0.2, -0.15) is 5.10 Å². The Morgan fingerprint density at radius 2 is 2.00 bits per heavy atom. The first-order valence-corrected chi connectivity index (χ1v) is 6.53. The molecule has 0 radical (unpaired) electrons. The van der Waals surface area contributed by atoms with Crippen LogP contribution in [0.1, 0.15) is 35.8 Å². The maximum absolute atomic E-state index is 11.0. The lowest BCUT2D eigenvalue weighted by atomic mass is 9.98. The van der Waals surface area contributed by atoms with Crippen molar-refractivity contribution >= 4 is 5.97 Å². The Bertz CT molecular complexity index is 689. The van der Waals surface area contributed by atoms with Gasteiger partial charge in [0.2, 0.25) is 0 Å². The van der Waals surface area contributed by atoms with E-state index in [0.717, 1.165) is 5.56 Å². The van der Waals surface area contributed by atoms with Crippen LogP contribution in [0.15, 0.2) is 18.2 Å². The molecule has 6 nitrogen and oxygen atoms in total. The van der Waals surface area contributed by atoms with E-state index in [2.05, 4.69) is 5.10 Å². The molecule has 0 spiro atoms. The van der Waals surface area contributed by atoms with Gasteiger partial charge in [-0.05, 0) is 29.7 Å². The second-order valence-electron chi connectivity index (χ2n) is 5.12. The van der Waals surface area contributed by atoms with E-state index in [1.807, 2.05) is 19.9 Å². The lowest BCUT2D eigenvalue weighted by Crippen LogP contribution is -2.00. The summed E-state index contributed by atoms with van der Waals surface area (Å²) in [6.07, 6.45) is 0. The maximum atomic E-state index is 11.0. The number of carboxylic acid groups (broad SMARTS) is 1. The Balaban J connectivity index is 2.67. The fraction of sp³-hybridized carbons (Fsp3) is 0.333. The van der Waals surface area contributed by atoms with Crippen LogP contribution in [0, 0.1) is 0 Å². The number of carboxylic acids is 1. The van der Waals surface area contributed by atoms with Crippen molar-refractivity contribution in [1.82, 2.24) is 9.78 Å². The van der Waals surface area contributed by atoms with E-state index in [-0.39, 0.29) is 17.4 Å². The predicted molar refractivity (Wildman–Crippen MR) is 77.9 cm³/mol. The molecule has 0 aliphatic carbocycles. The fourth-order valence-corrected chi connectivity index (χ4v) is 2.14. The van der Waals surface area contributed by atoms with Gasteiger partial charge in [-0.15, -0.1) is 0 Å². The molecular weight excluding hydrogens is 272 g/mol. The summed E-state index contributed by atoms with van der Waals surface area (Å²) in [5.41, 5.74) is 1.93. The van der Waals surface area contributed by atoms with Crippen LogP contribution in [0.4, 0.5) is 0 Å². The topological polar surface area (TPSA) is 84.6 Å². The summed E-state index contributed by atoms with van der Waals surface area (Å²) in [5.74, 6) is -0.537. The van der Waals surface area contributed by atoms with E-state index >= 15 is 0 Å². The SMILES string of the molecule is COc1cc(C(C)C)cc(-c2cc(C(=O)O)nn2C)c1O. The molecule has 0 atom stereocenters.